The van der Waals surface area contributed by atoms with Gasteiger partial charge >= 0.3 is 0 Å². The van der Waals surface area contributed by atoms with Gasteiger partial charge in [-0.25, -0.2) is 9.97 Å². The van der Waals surface area contributed by atoms with Crippen LogP contribution in [0.4, 0.5) is 5.82 Å². The maximum atomic E-state index is 4.24. The average molecular weight is 276 g/mol. The molecule has 0 spiro atoms. The lowest BCUT2D eigenvalue weighted by molar-refractivity contribution is 0.751. The van der Waals surface area contributed by atoms with Crippen LogP contribution < -0.4 is 4.90 Å². The van der Waals surface area contributed by atoms with E-state index >= 15 is 0 Å². The summed E-state index contributed by atoms with van der Waals surface area (Å²) in [5, 5.41) is 1.94. The summed E-state index contributed by atoms with van der Waals surface area (Å²) >= 11 is 5.09. The molecule has 0 saturated heterocycles. The van der Waals surface area contributed by atoms with Gasteiger partial charge in [0.15, 0.2) is 0 Å². The number of alkyl halides is 1. The molecule has 0 fully saturated rings. The van der Waals surface area contributed by atoms with Crippen molar-refractivity contribution >= 4 is 33.5 Å². The number of halogens is 1. The second kappa shape index (κ2) is 5.56. The topological polar surface area (TPSA) is 29.0 Å². The molecule has 3 nitrogen and oxygen atoms in total. The van der Waals surface area contributed by atoms with Crippen LogP contribution in [0.1, 0.15) is 6.92 Å². The monoisotopic (exact) mass is 275 g/mol. The van der Waals surface area contributed by atoms with E-state index in [4.69, 9.17) is 0 Å². The van der Waals surface area contributed by atoms with Gasteiger partial charge in [0.05, 0.1) is 0 Å². The molecule has 0 radical (unpaired) electrons. The molecular formula is C9H14BrN3S. The van der Waals surface area contributed by atoms with Crippen LogP contribution in [0.25, 0.3) is 0 Å². The molecule has 1 aromatic rings. The Hall–Kier alpha value is -0.290. The minimum Gasteiger partial charge on any atom is -0.356 e. The standard InChI is InChI=1S/C9H14BrN3S/c1-7(5-10)13(2)8-4-9(14-3)12-6-11-8/h4,6-7H,5H2,1-3H3. The number of nitrogens with zero attached hydrogens (tertiary/aromatic N) is 3. The van der Waals surface area contributed by atoms with E-state index in [1.54, 1.807) is 18.1 Å². The molecular weight excluding hydrogens is 262 g/mol. The second-order valence-electron chi connectivity index (χ2n) is 3.03. The molecule has 1 unspecified atom stereocenters. The Bertz CT molecular complexity index is 295. The van der Waals surface area contributed by atoms with E-state index in [1.165, 1.54) is 0 Å². The summed E-state index contributed by atoms with van der Waals surface area (Å²) in [6.45, 7) is 2.15. The van der Waals surface area contributed by atoms with Crippen LogP contribution >= 0.6 is 27.7 Å². The maximum Gasteiger partial charge on any atom is 0.133 e. The van der Waals surface area contributed by atoms with Gasteiger partial charge in [-0.15, -0.1) is 11.8 Å². The predicted octanol–water partition coefficient (Wildman–Crippen LogP) is 2.42. The van der Waals surface area contributed by atoms with Gasteiger partial charge in [0.1, 0.15) is 17.2 Å². The summed E-state index contributed by atoms with van der Waals surface area (Å²) in [6, 6.07) is 2.43. The third kappa shape index (κ3) is 2.85. The first kappa shape index (κ1) is 11.8. The lowest BCUT2D eigenvalue weighted by Gasteiger charge is -2.24. The quantitative estimate of drug-likeness (QED) is 0.480. The average Bonchev–Trinajstić information content (AvgIpc) is 2.27. The van der Waals surface area contributed by atoms with Crippen LogP contribution in [0.2, 0.25) is 0 Å². The lowest BCUT2D eigenvalue weighted by Crippen LogP contribution is -2.30. The van der Waals surface area contributed by atoms with E-state index < -0.39 is 0 Å². The summed E-state index contributed by atoms with van der Waals surface area (Å²) < 4.78 is 0. The van der Waals surface area contributed by atoms with Gasteiger partial charge in [-0.3, -0.25) is 0 Å². The highest BCUT2D eigenvalue weighted by atomic mass is 79.9. The maximum absolute atomic E-state index is 4.24. The molecule has 0 bridgehead atoms. The van der Waals surface area contributed by atoms with Crippen LogP contribution in [0.3, 0.4) is 0 Å². The summed E-state index contributed by atoms with van der Waals surface area (Å²) in [5.41, 5.74) is 0. The van der Waals surface area contributed by atoms with Crippen molar-refractivity contribution in [3.63, 3.8) is 0 Å². The zero-order valence-corrected chi connectivity index (χ0v) is 11.0. The number of rotatable bonds is 4. The molecule has 14 heavy (non-hydrogen) atoms. The highest BCUT2D eigenvalue weighted by Crippen LogP contribution is 2.18. The Morgan fingerprint density at radius 2 is 2.29 bits per heavy atom. The SMILES string of the molecule is CSc1cc(N(C)C(C)CBr)ncn1. The largest absolute Gasteiger partial charge is 0.356 e. The van der Waals surface area contributed by atoms with Gasteiger partial charge in [0, 0.05) is 24.5 Å². The van der Waals surface area contributed by atoms with Gasteiger partial charge in [0.25, 0.3) is 0 Å². The highest BCUT2D eigenvalue weighted by molar-refractivity contribution is 9.09. The van der Waals surface area contributed by atoms with E-state index in [1.807, 2.05) is 19.4 Å². The molecule has 0 aliphatic rings. The Morgan fingerprint density at radius 1 is 1.57 bits per heavy atom. The van der Waals surface area contributed by atoms with Crippen molar-refractivity contribution in [3.8, 4) is 0 Å². The number of hydrogen-bond acceptors (Lipinski definition) is 4. The van der Waals surface area contributed by atoms with Crippen molar-refractivity contribution in [1.82, 2.24) is 9.97 Å². The Kier molecular flexibility index (Phi) is 4.68. The lowest BCUT2D eigenvalue weighted by atomic mass is 10.3. The van der Waals surface area contributed by atoms with E-state index in [9.17, 15) is 0 Å². The van der Waals surface area contributed by atoms with Gasteiger partial charge in [-0.05, 0) is 13.2 Å². The number of aromatic nitrogens is 2. The molecule has 5 heteroatoms. The minimum atomic E-state index is 0.430. The normalized spacial score (nSPS) is 12.6. The smallest absolute Gasteiger partial charge is 0.133 e. The van der Waals surface area contributed by atoms with Gasteiger partial charge in [0.2, 0.25) is 0 Å². The molecule has 78 valence electrons. The third-order valence-corrected chi connectivity index (χ3v) is 3.66. The molecule has 1 rings (SSSR count). The second-order valence-corrected chi connectivity index (χ2v) is 4.51. The summed E-state index contributed by atoms with van der Waals surface area (Å²) in [5.74, 6) is 0.969. The van der Waals surface area contributed by atoms with E-state index in [0.717, 1.165) is 16.2 Å². The Labute approximate surface area is 97.4 Å². The molecule has 0 saturated carbocycles. The van der Waals surface area contributed by atoms with E-state index in [0.29, 0.717) is 6.04 Å². The van der Waals surface area contributed by atoms with E-state index in [-0.39, 0.29) is 0 Å². The summed E-state index contributed by atoms with van der Waals surface area (Å²) in [4.78, 5) is 10.5. The number of thioether (sulfide) groups is 1. The van der Waals surface area contributed by atoms with Crippen molar-refractivity contribution < 1.29 is 0 Å². The van der Waals surface area contributed by atoms with Gasteiger partial charge in [-0.1, -0.05) is 15.9 Å². The van der Waals surface area contributed by atoms with Crippen LogP contribution in [-0.2, 0) is 0 Å². The van der Waals surface area contributed by atoms with Crippen molar-refractivity contribution in [2.75, 3.05) is 23.5 Å². The fourth-order valence-corrected chi connectivity index (χ4v) is 1.77. The first-order chi connectivity index (χ1) is 6.69. The molecule has 1 aromatic heterocycles. The number of hydrogen-bond donors (Lipinski definition) is 0. The number of anilines is 1. The highest BCUT2D eigenvalue weighted by Gasteiger charge is 2.10. The van der Waals surface area contributed by atoms with Gasteiger partial charge in [-0.2, -0.15) is 0 Å². The van der Waals surface area contributed by atoms with Crippen LogP contribution in [0.5, 0.6) is 0 Å². The zero-order valence-electron chi connectivity index (χ0n) is 8.57. The van der Waals surface area contributed by atoms with Crippen molar-refractivity contribution in [2.24, 2.45) is 0 Å². The first-order valence-corrected chi connectivity index (χ1v) is 6.68. The van der Waals surface area contributed by atoms with Crippen molar-refractivity contribution in [2.45, 2.75) is 18.0 Å². The van der Waals surface area contributed by atoms with Crippen LogP contribution in [-0.4, -0.2) is 34.6 Å². The Morgan fingerprint density at radius 3 is 2.86 bits per heavy atom. The molecule has 0 amide bonds. The van der Waals surface area contributed by atoms with Crippen molar-refractivity contribution in [3.05, 3.63) is 12.4 Å². The van der Waals surface area contributed by atoms with Crippen LogP contribution in [0.15, 0.2) is 17.4 Å². The van der Waals surface area contributed by atoms with Gasteiger partial charge < -0.3 is 4.90 Å². The fraction of sp³-hybridized carbons (Fsp3) is 0.556. The zero-order chi connectivity index (χ0) is 10.6. The minimum absolute atomic E-state index is 0.430. The third-order valence-electron chi connectivity index (χ3n) is 2.08. The summed E-state index contributed by atoms with van der Waals surface area (Å²) in [7, 11) is 2.04. The molecule has 0 aromatic carbocycles. The predicted molar refractivity (Wildman–Crippen MR) is 65.5 cm³/mol. The first-order valence-electron chi connectivity index (χ1n) is 4.34. The molecule has 1 heterocycles. The van der Waals surface area contributed by atoms with Crippen LogP contribution in [0, 0.1) is 0 Å². The molecule has 1 atom stereocenters. The Balaban J connectivity index is 2.83. The molecule has 0 N–H and O–H groups in total. The van der Waals surface area contributed by atoms with Crippen molar-refractivity contribution in [1.29, 1.82) is 0 Å². The fourth-order valence-electron chi connectivity index (χ4n) is 0.964. The molecule has 0 aliphatic carbocycles. The van der Waals surface area contributed by atoms with E-state index in [2.05, 4.69) is 37.7 Å². The summed E-state index contributed by atoms with van der Waals surface area (Å²) in [6.07, 6.45) is 3.62. The molecule has 0 aliphatic heterocycles.